The normalized spacial score (nSPS) is 11.0. The van der Waals surface area contributed by atoms with Crippen LogP contribution in [0.2, 0.25) is 0 Å². The number of rotatable bonds is 4. The second-order valence-electron chi connectivity index (χ2n) is 7.61. The standard InChI is InChI=1S/C26H15N7O/c27-15-19-23(25(34)21-16-32-22-14-8-7-13-20(22)28-26(32)30-29-21)31-33(18-11-5-2-6-12-18)24(19)17-9-3-1-4-10-17/h1-14,16H. The first-order valence-electron chi connectivity index (χ1n) is 10.5. The molecular weight excluding hydrogens is 426 g/mol. The van der Waals surface area contributed by atoms with Gasteiger partial charge in [-0.05, 0) is 24.3 Å². The van der Waals surface area contributed by atoms with E-state index in [2.05, 4.69) is 26.3 Å². The highest BCUT2D eigenvalue weighted by molar-refractivity contribution is 6.09. The van der Waals surface area contributed by atoms with Crippen molar-refractivity contribution in [1.29, 1.82) is 5.26 Å². The molecule has 0 aliphatic rings. The molecule has 0 atom stereocenters. The SMILES string of the molecule is N#Cc1c(C(=O)c2cn3c(nn2)nc2ccccc23)nn(-c2ccccc2)c1-c1ccccc1. The van der Waals surface area contributed by atoms with Gasteiger partial charge in [0, 0.05) is 11.8 Å². The van der Waals surface area contributed by atoms with Crippen molar-refractivity contribution in [3.8, 4) is 23.0 Å². The van der Waals surface area contributed by atoms with Gasteiger partial charge in [-0.25, -0.2) is 9.67 Å². The van der Waals surface area contributed by atoms with E-state index in [-0.39, 0.29) is 17.0 Å². The molecule has 0 bridgehead atoms. The second-order valence-corrected chi connectivity index (χ2v) is 7.61. The Kier molecular flexibility index (Phi) is 4.45. The highest BCUT2D eigenvalue weighted by Gasteiger charge is 2.27. The minimum absolute atomic E-state index is 0.0169. The van der Waals surface area contributed by atoms with Gasteiger partial charge in [0.25, 0.3) is 5.78 Å². The van der Waals surface area contributed by atoms with E-state index in [9.17, 15) is 10.1 Å². The molecule has 0 saturated carbocycles. The smallest absolute Gasteiger partial charge is 0.254 e. The molecule has 6 rings (SSSR count). The van der Waals surface area contributed by atoms with E-state index in [1.165, 1.54) is 0 Å². The van der Waals surface area contributed by atoms with Crippen molar-refractivity contribution >= 4 is 22.6 Å². The first kappa shape index (κ1) is 19.5. The van der Waals surface area contributed by atoms with Gasteiger partial charge in [0.05, 0.1) is 22.4 Å². The summed E-state index contributed by atoms with van der Waals surface area (Å²) in [6, 6.07) is 28.5. The van der Waals surface area contributed by atoms with E-state index in [4.69, 9.17) is 0 Å². The van der Waals surface area contributed by atoms with Gasteiger partial charge in [0.2, 0.25) is 5.78 Å². The summed E-state index contributed by atoms with van der Waals surface area (Å²) in [6.45, 7) is 0. The van der Waals surface area contributed by atoms with Crippen LogP contribution in [0.1, 0.15) is 21.7 Å². The topological polar surface area (TPSA) is 102 Å². The Morgan fingerprint density at radius 1 is 0.853 bits per heavy atom. The highest BCUT2D eigenvalue weighted by Crippen LogP contribution is 2.30. The number of carbonyl (C=O) groups is 1. The summed E-state index contributed by atoms with van der Waals surface area (Å²) in [5, 5.41) is 22.9. The van der Waals surface area contributed by atoms with Gasteiger partial charge >= 0.3 is 0 Å². The molecule has 0 N–H and O–H groups in total. The average Bonchev–Trinajstić information content (AvgIpc) is 3.47. The first-order valence-corrected chi connectivity index (χ1v) is 10.5. The van der Waals surface area contributed by atoms with Crippen molar-refractivity contribution < 1.29 is 4.79 Å². The lowest BCUT2D eigenvalue weighted by Gasteiger charge is -2.07. The summed E-state index contributed by atoms with van der Waals surface area (Å²) >= 11 is 0. The van der Waals surface area contributed by atoms with Gasteiger partial charge in [-0.1, -0.05) is 60.7 Å². The fourth-order valence-corrected chi connectivity index (χ4v) is 4.00. The average molecular weight is 441 g/mol. The number of hydrogen-bond donors (Lipinski definition) is 0. The van der Waals surface area contributed by atoms with Gasteiger partial charge in [0.1, 0.15) is 11.6 Å². The van der Waals surface area contributed by atoms with Gasteiger partial charge in [-0.15, -0.1) is 10.2 Å². The third-order valence-corrected chi connectivity index (χ3v) is 5.57. The molecule has 0 amide bonds. The molecule has 0 saturated heterocycles. The Balaban J connectivity index is 1.56. The van der Waals surface area contributed by atoms with E-state index < -0.39 is 5.78 Å². The van der Waals surface area contributed by atoms with Crippen LogP contribution in [0.5, 0.6) is 0 Å². The van der Waals surface area contributed by atoms with Crippen molar-refractivity contribution in [3.63, 3.8) is 0 Å². The summed E-state index contributed by atoms with van der Waals surface area (Å²) in [4.78, 5) is 18.0. The number of ketones is 1. The molecular formula is C26H15N7O. The summed E-state index contributed by atoms with van der Waals surface area (Å²) < 4.78 is 3.34. The van der Waals surface area contributed by atoms with Crippen LogP contribution in [0.15, 0.2) is 91.1 Å². The Bertz CT molecular complexity index is 1730. The molecule has 3 aromatic heterocycles. The second kappa shape index (κ2) is 7.76. The number of aromatic nitrogens is 6. The Morgan fingerprint density at radius 2 is 1.56 bits per heavy atom. The lowest BCUT2D eigenvalue weighted by atomic mass is 10.0. The molecule has 0 spiro atoms. The third kappa shape index (κ3) is 3.04. The van der Waals surface area contributed by atoms with Gasteiger partial charge in [0.15, 0.2) is 11.4 Å². The van der Waals surface area contributed by atoms with E-state index in [0.717, 1.165) is 22.3 Å². The molecule has 34 heavy (non-hydrogen) atoms. The van der Waals surface area contributed by atoms with Gasteiger partial charge < -0.3 is 0 Å². The fourth-order valence-electron chi connectivity index (χ4n) is 4.00. The molecule has 6 aromatic rings. The van der Waals surface area contributed by atoms with Crippen molar-refractivity contribution in [1.82, 2.24) is 29.4 Å². The number of hydrogen-bond acceptors (Lipinski definition) is 6. The molecule has 3 heterocycles. The number of imidazole rings is 1. The molecule has 0 aliphatic heterocycles. The van der Waals surface area contributed by atoms with E-state index in [1.807, 2.05) is 84.9 Å². The number of carbonyl (C=O) groups excluding carboxylic acids is 1. The highest BCUT2D eigenvalue weighted by atomic mass is 16.1. The number of benzene rings is 3. The number of fused-ring (bicyclic) bond motifs is 3. The maximum absolute atomic E-state index is 13.6. The van der Waals surface area contributed by atoms with Crippen molar-refractivity contribution in [2.75, 3.05) is 0 Å². The van der Waals surface area contributed by atoms with Crippen LogP contribution in [-0.4, -0.2) is 35.1 Å². The predicted molar refractivity (Wildman–Crippen MR) is 125 cm³/mol. The molecule has 0 radical (unpaired) electrons. The Morgan fingerprint density at radius 3 is 2.32 bits per heavy atom. The molecule has 0 fully saturated rings. The molecule has 3 aromatic carbocycles. The van der Waals surface area contributed by atoms with Crippen LogP contribution in [0.4, 0.5) is 0 Å². The zero-order chi connectivity index (χ0) is 23.1. The summed E-state index contributed by atoms with van der Waals surface area (Å²) in [5.41, 5.74) is 3.88. The zero-order valence-corrected chi connectivity index (χ0v) is 17.7. The minimum atomic E-state index is -0.490. The number of para-hydroxylation sites is 3. The Hall–Kier alpha value is -5.16. The predicted octanol–water partition coefficient (Wildman–Crippen LogP) is 4.23. The van der Waals surface area contributed by atoms with Crippen LogP contribution in [0, 0.1) is 11.3 Å². The molecule has 8 nitrogen and oxygen atoms in total. The minimum Gasteiger partial charge on any atom is -0.285 e. The van der Waals surface area contributed by atoms with Gasteiger partial charge in [-0.3, -0.25) is 9.20 Å². The third-order valence-electron chi connectivity index (χ3n) is 5.57. The maximum Gasteiger partial charge on any atom is 0.254 e. The van der Waals surface area contributed by atoms with Crippen LogP contribution in [-0.2, 0) is 0 Å². The van der Waals surface area contributed by atoms with E-state index in [0.29, 0.717) is 11.5 Å². The fraction of sp³-hybridized carbons (Fsp3) is 0. The quantitative estimate of drug-likeness (QED) is 0.379. The maximum atomic E-state index is 13.6. The number of nitriles is 1. The zero-order valence-electron chi connectivity index (χ0n) is 17.7. The van der Waals surface area contributed by atoms with Crippen LogP contribution >= 0.6 is 0 Å². The first-order chi connectivity index (χ1) is 16.7. The van der Waals surface area contributed by atoms with E-state index >= 15 is 0 Å². The van der Waals surface area contributed by atoms with Crippen LogP contribution in [0.25, 0.3) is 33.8 Å². The molecule has 160 valence electrons. The van der Waals surface area contributed by atoms with Gasteiger partial charge in [-0.2, -0.15) is 10.4 Å². The van der Waals surface area contributed by atoms with Crippen molar-refractivity contribution in [2.24, 2.45) is 0 Å². The van der Waals surface area contributed by atoms with E-state index in [1.54, 1.807) is 15.3 Å². The van der Waals surface area contributed by atoms with Crippen molar-refractivity contribution in [3.05, 3.63) is 108 Å². The summed E-state index contributed by atoms with van der Waals surface area (Å²) in [5.74, 6) is -0.103. The summed E-state index contributed by atoms with van der Waals surface area (Å²) in [7, 11) is 0. The Labute approximate surface area is 193 Å². The summed E-state index contributed by atoms with van der Waals surface area (Å²) in [6.07, 6.45) is 1.59. The largest absolute Gasteiger partial charge is 0.285 e. The molecule has 8 heteroatoms. The number of nitrogens with zero attached hydrogens (tertiary/aromatic N) is 7. The monoisotopic (exact) mass is 441 g/mol. The van der Waals surface area contributed by atoms with Crippen LogP contribution < -0.4 is 0 Å². The molecule has 0 aliphatic carbocycles. The molecule has 0 unspecified atom stereocenters. The lowest BCUT2D eigenvalue weighted by molar-refractivity contribution is 0.102. The van der Waals surface area contributed by atoms with Crippen molar-refractivity contribution in [2.45, 2.75) is 0 Å². The van der Waals surface area contributed by atoms with Crippen LogP contribution in [0.3, 0.4) is 0 Å². The lowest BCUT2D eigenvalue weighted by Crippen LogP contribution is -2.10.